The average Bonchev–Trinajstić information content (AvgIpc) is 2.67. The molecule has 9 nitrogen and oxygen atoms in total. The molecule has 9 heteroatoms. The zero-order chi connectivity index (χ0) is 23.0. The molecule has 2 aromatic carbocycles. The third-order valence-corrected chi connectivity index (χ3v) is 3.99. The van der Waals surface area contributed by atoms with Crippen LogP contribution >= 0.6 is 0 Å². The molecule has 0 saturated heterocycles. The summed E-state index contributed by atoms with van der Waals surface area (Å²) in [6, 6.07) is 12.1. The molecule has 2 N–H and O–H groups in total. The molecular formula is C22H26N2O7. The first-order valence-electron chi connectivity index (χ1n) is 9.68. The standard InChI is InChI=1S/C22H26N2O7/c1-22(2,3)31-21(27)14-23-13-19(25)16-7-9-18(10-8-16)30-20(26)12-15-5-4-6-17(11-15)24(28)29/h4-11,19,23,25H,12-14H2,1-3H3. The molecule has 0 radical (unpaired) electrons. The van der Waals surface area contributed by atoms with Crippen LogP contribution in [0.5, 0.6) is 5.75 Å². The Bertz CT molecular complexity index is 920. The second-order valence-electron chi connectivity index (χ2n) is 7.88. The number of nitro groups is 1. The Morgan fingerprint density at radius 2 is 1.81 bits per heavy atom. The van der Waals surface area contributed by atoms with Crippen molar-refractivity contribution < 1.29 is 29.1 Å². The molecule has 0 spiro atoms. The summed E-state index contributed by atoms with van der Waals surface area (Å²) in [6.45, 7) is 5.44. The quantitative estimate of drug-likeness (QED) is 0.269. The smallest absolute Gasteiger partial charge is 0.320 e. The normalized spacial score (nSPS) is 12.1. The van der Waals surface area contributed by atoms with Crippen molar-refractivity contribution in [2.45, 2.75) is 38.9 Å². The van der Waals surface area contributed by atoms with Gasteiger partial charge in [-0.25, -0.2) is 0 Å². The van der Waals surface area contributed by atoms with E-state index < -0.39 is 28.6 Å². The lowest BCUT2D eigenvalue weighted by Gasteiger charge is -2.20. The number of carbonyl (C=O) groups is 2. The van der Waals surface area contributed by atoms with Gasteiger partial charge in [-0.2, -0.15) is 0 Å². The molecule has 0 aliphatic rings. The first-order valence-corrected chi connectivity index (χ1v) is 9.68. The van der Waals surface area contributed by atoms with Gasteiger partial charge in [-0.3, -0.25) is 19.7 Å². The predicted molar refractivity (Wildman–Crippen MR) is 113 cm³/mol. The van der Waals surface area contributed by atoms with E-state index in [9.17, 15) is 24.8 Å². The predicted octanol–water partition coefficient (Wildman–Crippen LogP) is 2.71. The lowest BCUT2D eigenvalue weighted by atomic mass is 10.1. The molecule has 0 heterocycles. The maximum Gasteiger partial charge on any atom is 0.320 e. The summed E-state index contributed by atoms with van der Waals surface area (Å²) in [5, 5.41) is 23.9. The second kappa shape index (κ2) is 10.6. The van der Waals surface area contributed by atoms with Crippen LogP contribution in [0.25, 0.3) is 0 Å². The molecule has 2 rings (SSSR count). The number of esters is 2. The number of carbonyl (C=O) groups excluding carboxylic acids is 2. The number of aliphatic hydroxyl groups is 1. The Balaban J connectivity index is 1.83. The summed E-state index contributed by atoms with van der Waals surface area (Å²) < 4.78 is 10.4. The first-order chi connectivity index (χ1) is 14.5. The monoisotopic (exact) mass is 430 g/mol. The van der Waals surface area contributed by atoms with Crippen LogP contribution in [0, 0.1) is 10.1 Å². The minimum absolute atomic E-state index is 0.0261. The fourth-order valence-electron chi connectivity index (χ4n) is 2.68. The number of nitro benzene ring substituents is 1. The van der Waals surface area contributed by atoms with Crippen LogP contribution in [0.15, 0.2) is 48.5 Å². The lowest BCUT2D eigenvalue weighted by molar-refractivity contribution is -0.384. The van der Waals surface area contributed by atoms with Gasteiger partial charge in [-0.15, -0.1) is 0 Å². The van der Waals surface area contributed by atoms with E-state index in [4.69, 9.17) is 9.47 Å². The molecular weight excluding hydrogens is 404 g/mol. The summed E-state index contributed by atoms with van der Waals surface area (Å²) in [5.74, 6) is -0.688. The molecule has 31 heavy (non-hydrogen) atoms. The van der Waals surface area contributed by atoms with E-state index in [-0.39, 0.29) is 30.9 Å². The lowest BCUT2D eigenvalue weighted by Crippen LogP contribution is -2.33. The minimum atomic E-state index is -0.864. The van der Waals surface area contributed by atoms with E-state index in [0.29, 0.717) is 11.1 Å². The van der Waals surface area contributed by atoms with E-state index in [1.165, 1.54) is 30.3 Å². The van der Waals surface area contributed by atoms with Crippen LogP contribution < -0.4 is 10.1 Å². The van der Waals surface area contributed by atoms with Gasteiger partial charge < -0.3 is 19.9 Å². The minimum Gasteiger partial charge on any atom is -0.459 e. The highest BCUT2D eigenvalue weighted by Crippen LogP contribution is 2.19. The summed E-state index contributed by atoms with van der Waals surface area (Å²) in [6.07, 6.45) is -0.974. The zero-order valence-electron chi connectivity index (χ0n) is 17.7. The molecule has 166 valence electrons. The van der Waals surface area contributed by atoms with Crippen molar-refractivity contribution in [1.82, 2.24) is 5.32 Å². The Hall–Kier alpha value is -3.30. The van der Waals surface area contributed by atoms with Crippen LogP contribution in [0.2, 0.25) is 0 Å². The molecule has 2 aromatic rings. The fourth-order valence-corrected chi connectivity index (χ4v) is 2.68. The van der Waals surface area contributed by atoms with E-state index in [1.54, 1.807) is 39.0 Å². The van der Waals surface area contributed by atoms with Gasteiger partial charge in [0.25, 0.3) is 5.69 Å². The third-order valence-electron chi connectivity index (χ3n) is 3.99. The van der Waals surface area contributed by atoms with Gasteiger partial charge in [0.05, 0.1) is 24.0 Å². The largest absolute Gasteiger partial charge is 0.459 e. The number of benzene rings is 2. The number of nitrogens with one attached hydrogen (secondary N) is 1. The number of rotatable bonds is 9. The summed E-state index contributed by atoms with van der Waals surface area (Å²) in [7, 11) is 0. The van der Waals surface area contributed by atoms with Crippen LogP contribution in [0.4, 0.5) is 5.69 Å². The number of hydrogen-bond donors (Lipinski definition) is 2. The Morgan fingerprint density at radius 1 is 1.13 bits per heavy atom. The Kier molecular flexibility index (Phi) is 8.23. The van der Waals surface area contributed by atoms with Crippen LogP contribution in [0.1, 0.15) is 38.0 Å². The fraction of sp³-hybridized carbons (Fsp3) is 0.364. The van der Waals surface area contributed by atoms with Crippen molar-refractivity contribution in [1.29, 1.82) is 0 Å². The number of ether oxygens (including phenoxy) is 2. The van der Waals surface area contributed by atoms with Crippen LogP contribution in [0.3, 0.4) is 0 Å². The summed E-state index contributed by atoms with van der Waals surface area (Å²) in [5.41, 5.74) is 0.390. The van der Waals surface area contributed by atoms with Gasteiger partial charge in [0.1, 0.15) is 11.4 Å². The molecule has 0 aliphatic heterocycles. The van der Waals surface area contributed by atoms with Gasteiger partial charge in [0, 0.05) is 18.7 Å². The highest BCUT2D eigenvalue weighted by Gasteiger charge is 2.16. The third kappa shape index (κ3) is 8.53. The van der Waals surface area contributed by atoms with Crippen molar-refractivity contribution >= 4 is 17.6 Å². The topological polar surface area (TPSA) is 128 Å². The summed E-state index contributed by atoms with van der Waals surface area (Å²) >= 11 is 0. The van der Waals surface area contributed by atoms with E-state index in [1.807, 2.05) is 0 Å². The maximum atomic E-state index is 12.1. The van der Waals surface area contributed by atoms with Crippen LogP contribution in [-0.4, -0.2) is 40.7 Å². The number of hydrogen-bond acceptors (Lipinski definition) is 8. The van der Waals surface area contributed by atoms with Gasteiger partial charge in [-0.1, -0.05) is 24.3 Å². The van der Waals surface area contributed by atoms with Gasteiger partial charge in [-0.05, 0) is 44.0 Å². The summed E-state index contributed by atoms with van der Waals surface area (Å²) in [4.78, 5) is 34.0. The van der Waals surface area contributed by atoms with Crippen LogP contribution in [-0.2, 0) is 20.7 Å². The van der Waals surface area contributed by atoms with Crippen molar-refractivity contribution in [3.05, 3.63) is 69.8 Å². The number of non-ortho nitro benzene ring substituents is 1. The van der Waals surface area contributed by atoms with Gasteiger partial charge in [0.15, 0.2) is 0 Å². The highest BCUT2D eigenvalue weighted by molar-refractivity contribution is 5.75. The van der Waals surface area contributed by atoms with E-state index in [2.05, 4.69) is 5.32 Å². The SMILES string of the molecule is CC(C)(C)OC(=O)CNCC(O)c1ccc(OC(=O)Cc2cccc([N+](=O)[O-])c2)cc1. The number of aliphatic hydroxyl groups excluding tert-OH is 1. The van der Waals surface area contributed by atoms with Crippen molar-refractivity contribution in [2.75, 3.05) is 13.1 Å². The Morgan fingerprint density at radius 3 is 2.42 bits per heavy atom. The molecule has 0 fully saturated rings. The molecule has 0 saturated carbocycles. The molecule has 0 bridgehead atoms. The molecule has 0 aromatic heterocycles. The average molecular weight is 430 g/mol. The Labute approximate surface area is 180 Å². The van der Waals surface area contributed by atoms with E-state index >= 15 is 0 Å². The van der Waals surface area contributed by atoms with E-state index in [0.717, 1.165) is 0 Å². The zero-order valence-corrected chi connectivity index (χ0v) is 17.7. The molecule has 0 aliphatic carbocycles. The molecule has 1 unspecified atom stereocenters. The molecule has 1 atom stereocenters. The van der Waals surface area contributed by atoms with Gasteiger partial charge in [0.2, 0.25) is 0 Å². The van der Waals surface area contributed by atoms with Gasteiger partial charge >= 0.3 is 11.9 Å². The highest BCUT2D eigenvalue weighted by atomic mass is 16.6. The maximum absolute atomic E-state index is 12.1. The second-order valence-corrected chi connectivity index (χ2v) is 7.88. The van der Waals surface area contributed by atoms with Crippen molar-refractivity contribution in [3.63, 3.8) is 0 Å². The van der Waals surface area contributed by atoms with Crippen molar-refractivity contribution in [3.8, 4) is 5.75 Å². The van der Waals surface area contributed by atoms with Crippen molar-refractivity contribution in [2.24, 2.45) is 0 Å². The molecule has 0 amide bonds. The number of nitrogens with zero attached hydrogens (tertiary/aromatic N) is 1. The first kappa shape index (κ1) is 24.0.